The number of hydrogen-bond donors (Lipinski definition) is 7. The van der Waals surface area contributed by atoms with Gasteiger partial charge < -0.3 is 61.5 Å². The Bertz CT molecular complexity index is 3080. The van der Waals surface area contributed by atoms with Gasteiger partial charge >= 0.3 is 6.09 Å². The van der Waals surface area contributed by atoms with Crippen LogP contribution in [0.15, 0.2) is 84.9 Å². The van der Waals surface area contributed by atoms with E-state index >= 15 is 0 Å². The number of aldehydes is 1. The SMILES string of the molecule is CC[C@H](C)[C@@H]([C@H](C=O)CC(=O)N1CCC[C@H]1[C@H](OC)[C@@H](C)C(=O)N[C@H](C)[C@@H](O)c1ccccc1)N(C)C(=O)[C@@H](NC(=O)C(C(C)C)N(C)C(=O)OC)C(C)C.CCc1ccc(NC(=O)[C@H](CCCCN)NC(=O)[C@H](Cc2ccccc2)NC(=O)CCCCCN2C(=O)CC(C)C2=O)cc1. The largest absolute Gasteiger partial charge is 0.453 e. The monoisotopic (exact) mass is 1380 g/mol. The number of aliphatic hydroxyl groups is 1. The molecule has 24 heteroatoms. The van der Waals surface area contributed by atoms with Crippen molar-refractivity contribution in [1.29, 1.82) is 0 Å². The summed E-state index contributed by atoms with van der Waals surface area (Å²) in [5, 5.41) is 25.2. The predicted molar refractivity (Wildman–Crippen MR) is 380 cm³/mol. The van der Waals surface area contributed by atoms with Crippen molar-refractivity contribution in [2.45, 2.75) is 214 Å². The van der Waals surface area contributed by atoms with Crippen LogP contribution in [0.5, 0.6) is 0 Å². The molecule has 0 radical (unpaired) electrons. The van der Waals surface area contributed by atoms with Gasteiger partial charge in [0.25, 0.3) is 0 Å². The first-order valence-electron chi connectivity index (χ1n) is 35.4. The second kappa shape index (κ2) is 42.1. The number of benzene rings is 3. The molecule has 0 spiro atoms. The lowest BCUT2D eigenvalue weighted by Gasteiger charge is -2.40. The van der Waals surface area contributed by atoms with Crippen LogP contribution in [0.1, 0.15) is 169 Å². The van der Waals surface area contributed by atoms with Gasteiger partial charge in [-0.1, -0.05) is 148 Å². The number of aryl methyl sites for hydroxylation is 1. The second-order valence-corrected chi connectivity index (χ2v) is 27.3. The summed E-state index contributed by atoms with van der Waals surface area (Å²) in [5.41, 5.74) is 9.03. The fourth-order valence-electron chi connectivity index (χ4n) is 13.1. The number of hydrogen-bond acceptors (Lipinski definition) is 15. The lowest BCUT2D eigenvalue weighted by Crippen LogP contribution is -2.59. The molecule has 2 saturated heterocycles. The third-order valence-corrected chi connectivity index (χ3v) is 19.1. The number of nitrogens with two attached hydrogens (primary N) is 1. The molecule has 0 saturated carbocycles. The van der Waals surface area contributed by atoms with Crippen LogP contribution >= 0.6 is 0 Å². The summed E-state index contributed by atoms with van der Waals surface area (Å²) in [5.74, 6) is -5.45. The summed E-state index contributed by atoms with van der Waals surface area (Å²) < 4.78 is 10.7. The van der Waals surface area contributed by atoms with Crippen LogP contribution in [0, 0.1) is 35.5 Å². The molecule has 0 aliphatic carbocycles. The summed E-state index contributed by atoms with van der Waals surface area (Å²) >= 11 is 0. The molecule has 13 atom stereocenters. The van der Waals surface area contributed by atoms with E-state index in [0.29, 0.717) is 88.7 Å². The van der Waals surface area contributed by atoms with E-state index in [1.165, 1.54) is 36.0 Å². The number of nitrogens with one attached hydrogen (secondary N) is 5. The summed E-state index contributed by atoms with van der Waals surface area (Å²) in [4.78, 5) is 150. The van der Waals surface area contributed by atoms with Crippen molar-refractivity contribution in [3.63, 3.8) is 0 Å². The number of nitrogens with zero attached hydrogens (tertiary/aromatic N) is 4. The van der Waals surface area contributed by atoms with Crippen LogP contribution in [0.25, 0.3) is 0 Å². The van der Waals surface area contributed by atoms with Gasteiger partial charge in [0.1, 0.15) is 30.5 Å². The quantitative estimate of drug-likeness (QED) is 0.0168. The molecule has 5 rings (SSSR count). The Morgan fingerprint density at radius 1 is 0.727 bits per heavy atom. The van der Waals surface area contributed by atoms with E-state index in [4.69, 9.17) is 15.2 Å². The molecule has 8 N–H and O–H groups in total. The molecule has 2 heterocycles. The topological polar surface area (TPSA) is 326 Å². The highest BCUT2D eigenvalue weighted by Crippen LogP contribution is 2.31. The van der Waals surface area contributed by atoms with Crippen LogP contribution in [-0.2, 0) is 70.3 Å². The third kappa shape index (κ3) is 24.9. The second-order valence-electron chi connectivity index (χ2n) is 27.3. The molecule has 10 amide bonds. The maximum absolute atomic E-state index is 14.2. The average Bonchev–Trinajstić information content (AvgIpc) is 1.78. The summed E-state index contributed by atoms with van der Waals surface area (Å²) in [7, 11) is 5.80. The number of methoxy groups -OCH3 is 2. The van der Waals surface area contributed by atoms with Crippen molar-refractivity contribution < 1.29 is 67.3 Å². The summed E-state index contributed by atoms with van der Waals surface area (Å²) in [6.45, 7) is 19.6. The number of rotatable bonds is 38. The number of amides is 10. The zero-order valence-electron chi connectivity index (χ0n) is 61.0. The summed E-state index contributed by atoms with van der Waals surface area (Å²) in [6, 6.07) is 20.8. The molecule has 0 bridgehead atoms. The van der Waals surface area contributed by atoms with Gasteiger partial charge in [-0.05, 0) is 111 Å². The van der Waals surface area contributed by atoms with Crippen LogP contribution in [0.3, 0.4) is 0 Å². The van der Waals surface area contributed by atoms with Gasteiger partial charge in [0.2, 0.25) is 53.2 Å². The van der Waals surface area contributed by atoms with Gasteiger partial charge in [-0.25, -0.2) is 4.79 Å². The number of anilines is 1. The Labute approximate surface area is 586 Å². The van der Waals surface area contributed by atoms with E-state index in [1.807, 2.05) is 86.6 Å². The lowest BCUT2D eigenvalue weighted by molar-refractivity contribution is -0.145. The zero-order valence-corrected chi connectivity index (χ0v) is 61.0. The maximum atomic E-state index is 14.2. The third-order valence-electron chi connectivity index (χ3n) is 19.1. The normalized spacial score (nSPS) is 17.8. The van der Waals surface area contributed by atoms with Crippen LogP contribution in [0.2, 0.25) is 0 Å². The fraction of sp³-hybridized carbons (Fsp3) is 0.613. The summed E-state index contributed by atoms with van der Waals surface area (Å²) in [6.07, 6.45) is 5.45. The van der Waals surface area contributed by atoms with Gasteiger partial charge in [-0.3, -0.25) is 53.0 Å². The zero-order chi connectivity index (χ0) is 73.6. The van der Waals surface area contributed by atoms with E-state index in [9.17, 15) is 57.8 Å². The van der Waals surface area contributed by atoms with Gasteiger partial charge in [0, 0.05) is 83.5 Å². The van der Waals surface area contributed by atoms with E-state index in [-0.39, 0.29) is 84.8 Å². The fourth-order valence-corrected chi connectivity index (χ4v) is 13.1. The molecular weight excluding hydrogens is 1260 g/mol. The Balaban J connectivity index is 0.000000430. The number of likely N-dealkylation sites (N-methyl/N-ethyl adjacent to an activating group) is 2. The molecule has 548 valence electrons. The van der Waals surface area contributed by atoms with Crippen molar-refractivity contribution in [3.05, 3.63) is 102 Å². The number of likely N-dealkylation sites (tertiary alicyclic amines) is 2. The minimum atomic E-state index is -0.978. The first-order chi connectivity index (χ1) is 47.1. The van der Waals surface area contributed by atoms with E-state index < -0.39 is 90.2 Å². The lowest BCUT2D eigenvalue weighted by atomic mass is 9.84. The first-order valence-corrected chi connectivity index (χ1v) is 35.4. The van der Waals surface area contributed by atoms with Crippen LogP contribution < -0.4 is 32.3 Å². The molecule has 2 unspecified atom stereocenters. The Kier molecular flexibility index (Phi) is 35.4. The number of imide groups is 1. The molecule has 2 aliphatic heterocycles. The number of carbonyl (C=O) groups excluding carboxylic acids is 11. The molecule has 3 aromatic rings. The van der Waals surface area contributed by atoms with Crippen LogP contribution in [0.4, 0.5) is 10.5 Å². The molecular formula is C75H114N10O14. The van der Waals surface area contributed by atoms with Crippen LogP contribution in [-0.4, -0.2) is 187 Å². The minimum Gasteiger partial charge on any atom is -0.453 e. The highest BCUT2D eigenvalue weighted by atomic mass is 16.5. The number of unbranched alkanes of at least 4 members (excludes halogenated alkanes) is 3. The van der Waals surface area contributed by atoms with Gasteiger partial charge in [-0.15, -0.1) is 0 Å². The molecule has 2 aliphatic rings. The first kappa shape index (κ1) is 83.3. The predicted octanol–water partition coefficient (Wildman–Crippen LogP) is 7.29. The Morgan fingerprint density at radius 3 is 1.93 bits per heavy atom. The Hall–Kier alpha value is -8.09. The van der Waals surface area contributed by atoms with Crippen molar-refractivity contribution in [2.75, 3.05) is 53.3 Å². The molecule has 2 fully saturated rings. The minimum absolute atomic E-state index is 0.132. The smallest absolute Gasteiger partial charge is 0.409 e. The van der Waals surface area contributed by atoms with Crippen molar-refractivity contribution in [1.82, 2.24) is 40.9 Å². The van der Waals surface area contributed by atoms with E-state index in [0.717, 1.165) is 23.8 Å². The average molecular weight is 1380 g/mol. The van der Waals surface area contributed by atoms with E-state index in [2.05, 4.69) is 33.5 Å². The number of carbonyl (C=O) groups is 11. The van der Waals surface area contributed by atoms with Crippen molar-refractivity contribution in [2.24, 2.45) is 41.2 Å². The number of aliphatic hydroxyl groups excluding tert-OH is 1. The number of ether oxygens (including phenoxy) is 2. The maximum Gasteiger partial charge on any atom is 0.409 e. The van der Waals surface area contributed by atoms with E-state index in [1.54, 1.807) is 72.5 Å². The molecule has 99 heavy (non-hydrogen) atoms. The standard InChI is InChI=1S/C41H67N5O9.C34H47N5O5/c1-13-26(6)35(44(9)40(52)33(24(2)3)43-39(51)34(25(4)5)45(10)41(53)55-12)30(23-47)22-32(48)46-21-17-20-31(46)37(54-11)27(7)38(50)42-28(8)36(49)29-18-15-14-16-19-29;1-3-25-16-18-27(19-17-25)36-32(42)28(14-9-10-20-35)38-33(43)29(23-26-12-6-4-7-13-26)37-30(40)15-8-5-11-21-39-31(41)22-24(2)34(39)44/h14-16,18-19,23-28,30-31,33-37,49H,13,17,20-22H2,1-12H3,(H,42,50)(H,43,51);4,6-7,12-13,16-19,24,28-29H,3,5,8-11,14-15,20-23,35H2,1-2H3,(H,36,42)(H,37,40)(H,38,43)/t26-,27+,28+,30-,31-,33-,34?,35-,36+,37+;24?,28-,29-/m00/s1. The highest BCUT2D eigenvalue weighted by Gasteiger charge is 2.44. The van der Waals surface area contributed by atoms with Crippen molar-refractivity contribution >= 4 is 71.2 Å². The van der Waals surface area contributed by atoms with Crippen molar-refractivity contribution in [3.8, 4) is 0 Å². The van der Waals surface area contributed by atoms with Gasteiger partial charge in [-0.2, -0.15) is 0 Å². The highest BCUT2D eigenvalue weighted by molar-refractivity contribution is 6.03. The molecule has 0 aromatic heterocycles. The van der Waals surface area contributed by atoms with Gasteiger partial charge in [0.05, 0.1) is 37.3 Å². The molecule has 3 aromatic carbocycles. The Morgan fingerprint density at radius 2 is 1.37 bits per heavy atom. The van der Waals surface area contributed by atoms with Gasteiger partial charge in [0.15, 0.2) is 0 Å². The molecule has 24 nitrogen and oxygen atoms in total.